The number of hydrogen-bond donors (Lipinski definition) is 0. The zero-order valence-corrected chi connectivity index (χ0v) is 11.5. The number of nitrogens with zero attached hydrogens (tertiary/aromatic N) is 4. The normalized spacial score (nSPS) is 11.4. The van der Waals surface area contributed by atoms with E-state index in [1.165, 1.54) is 43.5 Å². The summed E-state index contributed by atoms with van der Waals surface area (Å²) in [5.74, 6) is 0.880. The second kappa shape index (κ2) is 6.10. The van der Waals surface area contributed by atoms with Gasteiger partial charge in [0.05, 0.1) is 0 Å². The van der Waals surface area contributed by atoms with Crippen LogP contribution in [0, 0.1) is 6.92 Å². The summed E-state index contributed by atoms with van der Waals surface area (Å²) < 4.78 is 1.84. The Morgan fingerprint density at radius 2 is 1.82 bits per heavy atom. The summed E-state index contributed by atoms with van der Waals surface area (Å²) in [7, 11) is 0. The molecule has 0 amide bonds. The van der Waals surface area contributed by atoms with Crippen molar-refractivity contribution in [3.05, 3.63) is 10.8 Å². The minimum atomic E-state index is 0.880. The fourth-order valence-electron chi connectivity index (χ4n) is 1.91. The van der Waals surface area contributed by atoms with Crippen LogP contribution in [-0.2, 0) is 6.42 Å². The summed E-state index contributed by atoms with van der Waals surface area (Å²) in [4.78, 5) is 0.920. The van der Waals surface area contributed by atoms with E-state index in [2.05, 4.69) is 22.2 Å². The van der Waals surface area contributed by atoms with Gasteiger partial charge in [-0.15, -0.1) is 10.2 Å². The zero-order chi connectivity index (χ0) is 12.1. The third-order valence-electron chi connectivity index (χ3n) is 2.93. The Labute approximate surface area is 106 Å². The molecule has 0 atom stereocenters. The van der Waals surface area contributed by atoms with Gasteiger partial charge in [-0.1, -0.05) is 50.4 Å². The minimum Gasteiger partial charge on any atom is -0.188 e. The van der Waals surface area contributed by atoms with Crippen LogP contribution >= 0.6 is 11.3 Å². The zero-order valence-electron chi connectivity index (χ0n) is 10.6. The van der Waals surface area contributed by atoms with E-state index >= 15 is 0 Å². The Bertz CT molecular complexity index is 460. The van der Waals surface area contributed by atoms with Gasteiger partial charge in [0.1, 0.15) is 5.01 Å². The lowest BCUT2D eigenvalue weighted by atomic mass is 10.1. The van der Waals surface area contributed by atoms with Crippen LogP contribution in [0.4, 0.5) is 0 Å². The molecule has 0 radical (unpaired) electrons. The molecule has 0 fully saturated rings. The van der Waals surface area contributed by atoms with Crippen LogP contribution < -0.4 is 0 Å². The van der Waals surface area contributed by atoms with Gasteiger partial charge in [0, 0.05) is 6.42 Å². The summed E-state index contributed by atoms with van der Waals surface area (Å²) in [5, 5.41) is 13.8. The second-order valence-corrected chi connectivity index (χ2v) is 5.50. The standard InChI is InChI=1S/C12H20N4S/c1-3-4-5-6-7-8-9-11-15-16-10(2)13-14-12(16)17-11/h3-9H2,1-2H3. The second-order valence-electron chi connectivity index (χ2n) is 4.46. The molecule has 2 heterocycles. The van der Waals surface area contributed by atoms with E-state index in [0.717, 1.165) is 17.2 Å². The molecular weight excluding hydrogens is 232 g/mol. The molecule has 0 bridgehead atoms. The molecule has 0 saturated heterocycles. The van der Waals surface area contributed by atoms with Gasteiger partial charge >= 0.3 is 0 Å². The monoisotopic (exact) mass is 252 g/mol. The minimum absolute atomic E-state index is 0.880. The molecule has 4 nitrogen and oxygen atoms in total. The average Bonchev–Trinajstić information content (AvgIpc) is 2.86. The molecule has 0 aliphatic carbocycles. The van der Waals surface area contributed by atoms with Crippen molar-refractivity contribution in [1.29, 1.82) is 0 Å². The van der Waals surface area contributed by atoms with Gasteiger partial charge in [-0.2, -0.15) is 9.61 Å². The number of aryl methyl sites for hydroxylation is 2. The number of fused-ring (bicyclic) bond motifs is 1. The van der Waals surface area contributed by atoms with Crippen molar-refractivity contribution in [3.63, 3.8) is 0 Å². The summed E-state index contributed by atoms with van der Waals surface area (Å²) in [6.45, 7) is 4.19. The van der Waals surface area contributed by atoms with Gasteiger partial charge in [-0.25, -0.2) is 0 Å². The topological polar surface area (TPSA) is 43.1 Å². The van der Waals surface area contributed by atoms with Crippen molar-refractivity contribution < 1.29 is 0 Å². The molecule has 0 aliphatic rings. The maximum atomic E-state index is 4.52. The number of hydrogen-bond acceptors (Lipinski definition) is 4. The van der Waals surface area contributed by atoms with E-state index in [9.17, 15) is 0 Å². The van der Waals surface area contributed by atoms with E-state index in [4.69, 9.17) is 0 Å². The number of unbranched alkanes of at least 4 members (excludes halogenated alkanes) is 5. The van der Waals surface area contributed by atoms with Crippen molar-refractivity contribution in [3.8, 4) is 0 Å². The maximum Gasteiger partial charge on any atom is 0.234 e. The Morgan fingerprint density at radius 1 is 1.06 bits per heavy atom. The molecule has 0 aliphatic heterocycles. The highest BCUT2D eigenvalue weighted by molar-refractivity contribution is 7.16. The van der Waals surface area contributed by atoms with Gasteiger partial charge in [-0.3, -0.25) is 0 Å². The van der Waals surface area contributed by atoms with E-state index in [0.29, 0.717) is 0 Å². The van der Waals surface area contributed by atoms with Crippen molar-refractivity contribution >= 4 is 16.3 Å². The van der Waals surface area contributed by atoms with Crippen molar-refractivity contribution in [2.24, 2.45) is 0 Å². The first-order chi connectivity index (χ1) is 8.31. The van der Waals surface area contributed by atoms with Crippen LogP contribution in [-0.4, -0.2) is 19.8 Å². The molecular formula is C12H20N4S. The van der Waals surface area contributed by atoms with E-state index in [-0.39, 0.29) is 0 Å². The van der Waals surface area contributed by atoms with E-state index in [1.807, 2.05) is 11.4 Å². The van der Waals surface area contributed by atoms with Crippen LogP contribution in [0.15, 0.2) is 0 Å². The SMILES string of the molecule is CCCCCCCCc1nn2c(C)nnc2s1. The Kier molecular flexibility index (Phi) is 4.48. The van der Waals surface area contributed by atoms with E-state index < -0.39 is 0 Å². The summed E-state index contributed by atoms with van der Waals surface area (Å²) in [6, 6.07) is 0. The van der Waals surface area contributed by atoms with Crippen LogP contribution in [0.5, 0.6) is 0 Å². The van der Waals surface area contributed by atoms with Gasteiger partial charge in [0.15, 0.2) is 5.82 Å². The molecule has 0 saturated carbocycles. The molecule has 2 rings (SSSR count). The largest absolute Gasteiger partial charge is 0.234 e. The molecule has 0 spiro atoms. The maximum absolute atomic E-state index is 4.52. The molecule has 17 heavy (non-hydrogen) atoms. The van der Waals surface area contributed by atoms with Gasteiger partial charge in [0.25, 0.3) is 0 Å². The predicted molar refractivity (Wildman–Crippen MR) is 70.5 cm³/mol. The van der Waals surface area contributed by atoms with Gasteiger partial charge < -0.3 is 0 Å². The molecule has 2 aromatic heterocycles. The summed E-state index contributed by atoms with van der Waals surface area (Å²) in [6.07, 6.45) is 9.06. The van der Waals surface area contributed by atoms with Crippen LogP contribution in [0.25, 0.3) is 4.96 Å². The summed E-state index contributed by atoms with van der Waals surface area (Å²) in [5.41, 5.74) is 0. The highest BCUT2D eigenvalue weighted by atomic mass is 32.1. The third kappa shape index (κ3) is 3.25. The average molecular weight is 252 g/mol. The fraction of sp³-hybridized carbons (Fsp3) is 0.750. The lowest BCUT2D eigenvalue weighted by Crippen LogP contribution is -1.91. The summed E-state index contributed by atoms with van der Waals surface area (Å²) >= 11 is 1.66. The first-order valence-electron chi connectivity index (χ1n) is 6.49. The molecule has 2 aromatic rings. The molecule has 0 aromatic carbocycles. The van der Waals surface area contributed by atoms with Crippen LogP contribution in [0.1, 0.15) is 56.3 Å². The lowest BCUT2D eigenvalue weighted by Gasteiger charge is -1.98. The first kappa shape index (κ1) is 12.5. The third-order valence-corrected chi connectivity index (χ3v) is 3.89. The first-order valence-corrected chi connectivity index (χ1v) is 7.30. The number of aromatic nitrogens is 4. The number of rotatable bonds is 7. The molecule has 94 valence electrons. The smallest absolute Gasteiger partial charge is 0.188 e. The fourth-order valence-corrected chi connectivity index (χ4v) is 2.83. The predicted octanol–water partition coefficient (Wildman–Crippen LogP) is 3.40. The highest BCUT2D eigenvalue weighted by Gasteiger charge is 2.07. The van der Waals surface area contributed by atoms with Crippen molar-refractivity contribution in [2.75, 3.05) is 0 Å². The molecule has 0 unspecified atom stereocenters. The van der Waals surface area contributed by atoms with Crippen molar-refractivity contribution in [2.45, 2.75) is 58.8 Å². The van der Waals surface area contributed by atoms with E-state index in [1.54, 1.807) is 11.3 Å². The Hall–Kier alpha value is -0.970. The Balaban J connectivity index is 1.75. The van der Waals surface area contributed by atoms with Crippen molar-refractivity contribution in [1.82, 2.24) is 19.8 Å². The van der Waals surface area contributed by atoms with Crippen LogP contribution in [0.3, 0.4) is 0 Å². The van der Waals surface area contributed by atoms with Gasteiger partial charge in [-0.05, 0) is 13.3 Å². The lowest BCUT2D eigenvalue weighted by molar-refractivity contribution is 0.605. The van der Waals surface area contributed by atoms with Gasteiger partial charge in [0.2, 0.25) is 4.96 Å². The quantitative estimate of drug-likeness (QED) is 0.709. The Morgan fingerprint density at radius 3 is 2.59 bits per heavy atom. The molecule has 5 heteroatoms. The van der Waals surface area contributed by atoms with Crippen LogP contribution in [0.2, 0.25) is 0 Å². The molecule has 0 N–H and O–H groups in total. The highest BCUT2D eigenvalue weighted by Crippen LogP contribution is 2.16.